The molecule has 4 nitrogen and oxygen atoms in total. The maximum atomic E-state index is 9.82. The van der Waals surface area contributed by atoms with Crippen molar-refractivity contribution in [1.82, 2.24) is 0 Å². The fraction of sp³-hybridized carbons (Fsp3) is 0. The average molecular weight is 317 g/mol. The van der Waals surface area contributed by atoms with E-state index in [9.17, 15) is 5.02 Å². The Kier molecular flexibility index (Phi) is 552. The van der Waals surface area contributed by atoms with Crippen LogP contribution in [0.4, 0.5) is 5.02 Å². The molecule has 7 heavy (non-hydrogen) atoms. The van der Waals surface area contributed by atoms with Gasteiger partial charge in [0.15, 0.2) is 0 Å². The van der Waals surface area contributed by atoms with Crippen molar-refractivity contribution < 1.29 is 26.9 Å². The summed E-state index contributed by atoms with van der Waals surface area (Å²) < 4.78 is 19.6. The zero-order valence-corrected chi connectivity index (χ0v) is 7.14. The van der Waals surface area contributed by atoms with E-state index in [1.165, 1.54) is 0 Å². The van der Waals surface area contributed by atoms with E-state index >= 15 is 0 Å². The van der Waals surface area contributed by atoms with Gasteiger partial charge in [-0.3, -0.25) is 0 Å². The van der Waals surface area contributed by atoms with Gasteiger partial charge in [0.1, 0.15) is 0 Å². The van der Waals surface area contributed by atoms with Crippen LogP contribution in [0.1, 0.15) is 0 Å². The van der Waals surface area contributed by atoms with E-state index in [0.717, 1.165) is 0 Å². The molecule has 0 aromatic rings. The van der Waals surface area contributed by atoms with Crippen LogP contribution in [0.25, 0.3) is 0 Å². The first-order valence-corrected chi connectivity index (χ1v) is 3.32. The summed E-state index contributed by atoms with van der Waals surface area (Å²) in [6, 6.07) is 0. The minimum atomic E-state index is -2.92. The summed E-state index contributed by atoms with van der Waals surface area (Å²) in [6.07, 6.45) is 0. The van der Waals surface area contributed by atoms with Crippen molar-refractivity contribution in [3.05, 3.63) is 0 Å². The molecule has 0 heterocycles. The molecule has 0 aliphatic rings. The summed E-state index contributed by atoms with van der Waals surface area (Å²) in [5.74, 6) is 0. The second-order valence-corrected chi connectivity index (χ2v) is 0.627. The summed E-state index contributed by atoms with van der Waals surface area (Å²) >= 11 is -2.92. The molecule has 8 N–H and O–H groups in total. The summed E-state index contributed by atoms with van der Waals surface area (Å²) in [6.45, 7) is 0. The standard InChI is InChI=1S/2FH.4H2O.Pb/h2*1H;4*1H2;/q;;;;;;+2/p-2. The van der Waals surface area contributed by atoms with Crippen molar-refractivity contribution in [2.45, 2.75) is 0 Å². The van der Waals surface area contributed by atoms with Crippen molar-refractivity contribution in [2.75, 3.05) is 0 Å². The van der Waals surface area contributed by atoms with E-state index in [2.05, 4.69) is 0 Å². The summed E-state index contributed by atoms with van der Waals surface area (Å²) in [7, 11) is 0. The third kappa shape index (κ3) is 366. The first-order chi connectivity index (χ1) is 1.41. The van der Waals surface area contributed by atoms with E-state index in [1.54, 1.807) is 0 Å². The van der Waals surface area contributed by atoms with Crippen molar-refractivity contribution in [3.8, 4) is 0 Å². The zero-order chi connectivity index (χ0) is 2.71. The Morgan fingerprint density at radius 1 is 0.714 bits per heavy atom. The van der Waals surface area contributed by atoms with Gasteiger partial charge in [-0.1, -0.05) is 0 Å². The molecule has 50 valence electrons. The second-order valence-electron chi connectivity index (χ2n) is 0.0714. The van der Waals surface area contributed by atoms with Gasteiger partial charge in [-0.2, -0.15) is 0 Å². The van der Waals surface area contributed by atoms with Crippen LogP contribution < -0.4 is 0 Å². The first-order valence-electron chi connectivity index (χ1n) is 0.378. The molecule has 0 amide bonds. The summed E-state index contributed by atoms with van der Waals surface area (Å²) in [5.41, 5.74) is 0. The Balaban J connectivity index is -0.00000000333. The van der Waals surface area contributed by atoms with Crippen molar-refractivity contribution >= 4 is 25.5 Å². The van der Waals surface area contributed by atoms with Gasteiger partial charge in [0.05, 0.1) is 0 Å². The topological polar surface area (TPSA) is 126 Å². The fourth-order valence-electron chi connectivity index (χ4n) is 0. The van der Waals surface area contributed by atoms with Crippen LogP contribution in [0.2, 0.25) is 0 Å². The molecular formula is H8F2O4Pb. The van der Waals surface area contributed by atoms with Crippen LogP contribution >= 0.6 is 0 Å². The molecule has 0 aliphatic carbocycles. The van der Waals surface area contributed by atoms with Crippen molar-refractivity contribution in [3.63, 3.8) is 0 Å². The molecule has 7 heteroatoms. The third-order valence-electron chi connectivity index (χ3n) is 0. The molecule has 0 aliphatic heterocycles. The Hall–Kier alpha value is 0.622. The van der Waals surface area contributed by atoms with Crippen LogP contribution in [0, 0.1) is 0 Å². The van der Waals surface area contributed by atoms with Gasteiger partial charge in [-0.15, -0.1) is 0 Å². The molecule has 0 unspecified atom stereocenters. The van der Waals surface area contributed by atoms with Gasteiger partial charge in [-0.05, 0) is 0 Å². The van der Waals surface area contributed by atoms with Crippen LogP contribution in [0.15, 0.2) is 0 Å². The predicted molar refractivity (Wildman–Crippen MR) is 22.4 cm³/mol. The molecular weight excluding hydrogens is 309 g/mol. The molecule has 0 aromatic heterocycles. The van der Waals surface area contributed by atoms with E-state index in [1.807, 2.05) is 0 Å². The molecule has 0 aromatic carbocycles. The summed E-state index contributed by atoms with van der Waals surface area (Å²) in [4.78, 5) is 0. The van der Waals surface area contributed by atoms with E-state index < -0.39 is 25.5 Å². The van der Waals surface area contributed by atoms with Gasteiger partial charge in [-0.25, -0.2) is 0 Å². The molecule has 0 spiro atoms. The predicted octanol–water partition coefficient (Wildman–Crippen LogP) is -2.84. The maximum absolute atomic E-state index is 9.82. The fourth-order valence-corrected chi connectivity index (χ4v) is 0. The van der Waals surface area contributed by atoms with E-state index in [0.29, 0.717) is 0 Å². The van der Waals surface area contributed by atoms with Gasteiger partial charge in [0, 0.05) is 0 Å². The Morgan fingerprint density at radius 3 is 0.714 bits per heavy atom. The van der Waals surface area contributed by atoms with Crippen molar-refractivity contribution in [2.24, 2.45) is 0 Å². The molecule has 0 bridgehead atoms. The normalized spacial score (nSPS) is 2.57. The monoisotopic (exact) mass is 318 g/mol. The Bertz CT molecular complexity index is 9.65. The van der Waals surface area contributed by atoms with Crippen LogP contribution in [0.5, 0.6) is 0 Å². The van der Waals surface area contributed by atoms with Gasteiger partial charge >= 0.3 is 30.5 Å². The third-order valence-corrected chi connectivity index (χ3v) is 0. The number of hydrogen-bond donors (Lipinski definition) is 0. The first kappa shape index (κ1) is 48.6. The molecule has 0 saturated heterocycles. The zero-order valence-electron chi connectivity index (χ0n) is 3.26. The van der Waals surface area contributed by atoms with Gasteiger partial charge < -0.3 is 21.9 Å². The number of halogens is 2. The van der Waals surface area contributed by atoms with Crippen molar-refractivity contribution in [1.29, 1.82) is 0 Å². The van der Waals surface area contributed by atoms with E-state index in [-0.39, 0.29) is 21.9 Å². The molecule has 0 fully saturated rings. The molecule has 0 rings (SSSR count). The second kappa shape index (κ2) is 79.6. The van der Waals surface area contributed by atoms with E-state index in [4.69, 9.17) is 0 Å². The van der Waals surface area contributed by atoms with Crippen LogP contribution in [0.3, 0.4) is 0 Å². The number of hydrogen-bond acceptors (Lipinski definition) is 0. The Labute approximate surface area is 52.8 Å². The quantitative estimate of drug-likeness (QED) is 0.427. The molecule has 0 saturated carbocycles. The minimum absolute atomic E-state index is 0. The average Bonchev–Trinajstić information content (AvgIpc) is 0.918. The molecule has 0 atom stereocenters. The summed E-state index contributed by atoms with van der Waals surface area (Å²) in [5, 5.41) is 0. The molecule has 2 radical (unpaired) electrons. The van der Waals surface area contributed by atoms with Crippen LogP contribution in [-0.2, 0) is 0 Å². The van der Waals surface area contributed by atoms with Gasteiger partial charge in [0.25, 0.3) is 0 Å². The Morgan fingerprint density at radius 2 is 0.714 bits per heavy atom. The SMILES string of the molecule is O.O.O.O.[F][Pb][F]. The van der Waals surface area contributed by atoms with Crippen LogP contribution in [-0.4, -0.2) is 47.4 Å². The number of rotatable bonds is 0. The van der Waals surface area contributed by atoms with Gasteiger partial charge in [0.2, 0.25) is 0 Å².